The van der Waals surface area contributed by atoms with Crippen molar-refractivity contribution in [3.63, 3.8) is 0 Å². The third-order valence-corrected chi connectivity index (χ3v) is 3.13. The Morgan fingerprint density at radius 2 is 2.00 bits per heavy atom. The van der Waals surface area contributed by atoms with Crippen LogP contribution >= 0.6 is 12.4 Å². The van der Waals surface area contributed by atoms with Gasteiger partial charge in [0.1, 0.15) is 5.75 Å². The summed E-state index contributed by atoms with van der Waals surface area (Å²) in [6, 6.07) is 6.34. The minimum atomic E-state index is -4.66. The zero-order valence-electron chi connectivity index (χ0n) is 10.9. The lowest BCUT2D eigenvalue weighted by molar-refractivity contribution is -0.275. The highest BCUT2D eigenvalue weighted by Crippen LogP contribution is 2.27. The number of hydrogen-bond donors (Lipinski definition) is 1. The molecule has 1 aliphatic heterocycles. The molecule has 0 amide bonds. The Morgan fingerprint density at radius 1 is 1.30 bits per heavy atom. The van der Waals surface area contributed by atoms with Gasteiger partial charge in [-0.05, 0) is 25.5 Å². The summed E-state index contributed by atoms with van der Waals surface area (Å²) < 4.78 is 41.0. The lowest BCUT2D eigenvalue weighted by Gasteiger charge is -2.31. The van der Waals surface area contributed by atoms with E-state index in [1.807, 2.05) is 0 Å². The van der Waals surface area contributed by atoms with Gasteiger partial charge in [-0.2, -0.15) is 0 Å². The number of nitrogens with zero attached hydrogens (tertiary/aromatic N) is 1. The average molecular weight is 311 g/mol. The first-order valence-corrected chi connectivity index (χ1v) is 6.25. The second kappa shape index (κ2) is 7.15. The van der Waals surface area contributed by atoms with Crippen molar-refractivity contribution in [1.29, 1.82) is 0 Å². The van der Waals surface area contributed by atoms with Crippen molar-refractivity contribution in [2.24, 2.45) is 5.73 Å². The number of benzene rings is 1. The van der Waals surface area contributed by atoms with Gasteiger partial charge in [-0.3, -0.25) is 4.90 Å². The summed E-state index contributed by atoms with van der Waals surface area (Å²) in [5.41, 5.74) is 6.40. The monoisotopic (exact) mass is 310 g/mol. The van der Waals surface area contributed by atoms with E-state index in [0.717, 1.165) is 19.4 Å². The molecule has 1 unspecified atom stereocenters. The molecular formula is C13H18ClF3N2O. The maximum Gasteiger partial charge on any atom is 0.573 e. The molecule has 3 nitrogen and oxygen atoms in total. The number of piperidine rings is 1. The quantitative estimate of drug-likeness (QED) is 0.933. The van der Waals surface area contributed by atoms with Gasteiger partial charge in [-0.1, -0.05) is 18.2 Å². The molecule has 1 atom stereocenters. The minimum Gasteiger partial charge on any atom is -0.405 e. The van der Waals surface area contributed by atoms with Crippen molar-refractivity contribution in [1.82, 2.24) is 4.90 Å². The summed E-state index contributed by atoms with van der Waals surface area (Å²) in [5, 5.41) is 0. The number of likely N-dealkylation sites (tertiary alicyclic amines) is 1. The molecular weight excluding hydrogens is 293 g/mol. The Bertz CT molecular complexity index is 428. The van der Waals surface area contributed by atoms with Gasteiger partial charge in [-0.15, -0.1) is 25.6 Å². The Labute approximate surface area is 122 Å². The van der Waals surface area contributed by atoms with E-state index in [4.69, 9.17) is 5.73 Å². The molecule has 114 valence electrons. The van der Waals surface area contributed by atoms with E-state index in [2.05, 4.69) is 9.64 Å². The second-order valence-electron chi connectivity index (χ2n) is 4.79. The highest BCUT2D eigenvalue weighted by molar-refractivity contribution is 5.85. The molecule has 0 aliphatic carbocycles. The summed E-state index contributed by atoms with van der Waals surface area (Å²) >= 11 is 0. The third kappa shape index (κ3) is 5.19. The largest absolute Gasteiger partial charge is 0.573 e. The first kappa shape index (κ1) is 17.1. The van der Waals surface area contributed by atoms with Crippen LogP contribution < -0.4 is 10.5 Å². The molecule has 0 bridgehead atoms. The normalized spacial score (nSPS) is 20.3. The molecule has 1 aromatic rings. The Kier molecular flexibility index (Phi) is 6.10. The van der Waals surface area contributed by atoms with Crippen LogP contribution in [0.5, 0.6) is 5.75 Å². The highest BCUT2D eigenvalue weighted by Gasteiger charge is 2.32. The number of alkyl halides is 3. The zero-order valence-corrected chi connectivity index (χ0v) is 11.7. The maximum absolute atomic E-state index is 12.3. The predicted octanol–water partition coefficient (Wildman–Crippen LogP) is 2.93. The van der Waals surface area contributed by atoms with Crippen LogP contribution in [-0.2, 0) is 6.54 Å². The zero-order chi connectivity index (χ0) is 13.9. The molecule has 0 saturated carbocycles. The second-order valence-corrected chi connectivity index (χ2v) is 4.79. The molecule has 7 heteroatoms. The maximum atomic E-state index is 12.3. The lowest BCUT2D eigenvalue weighted by atomic mass is 10.1. The molecule has 0 spiro atoms. The smallest absolute Gasteiger partial charge is 0.405 e. The van der Waals surface area contributed by atoms with Crippen molar-refractivity contribution in [2.45, 2.75) is 31.8 Å². The third-order valence-electron chi connectivity index (χ3n) is 3.13. The van der Waals surface area contributed by atoms with E-state index in [1.54, 1.807) is 12.1 Å². The Balaban J connectivity index is 0.00000200. The Hall–Kier alpha value is -0.980. The van der Waals surface area contributed by atoms with E-state index in [1.165, 1.54) is 12.1 Å². The van der Waals surface area contributed by atoms with E-state index in [0.29, 0.717) is 18.7 Å². The van der Waals surface area contributed by atoms with Crippen molar-refractivity contribution < 1.29 is 17.9 Å². The SMILES string of the molecule is Cl.NC1CCCN(Cc2ccccc2OC(F)(F)F)C1. The highest BCUT2D eigenvalue weighted by atomic mass is 35.5. The number of hydrogen-bond acceptors (Lipinski definition) is 3. The van der Waals surface area contributed by atoms with Gasteiger partial charge >= 0.3 is 6.36 Å². The molecule has 20 heavy (non-hydrogen) atoms. The van der Waals surface area contributed by atoms with Gasteiger partial charge in [0.25, 0.3) is 0 Å². The van der Waals surface area contributed by atoms with Gasteiger partial charge in [0.15, 0.2) is 0 Å². The van der Waals surface area contributed by atoms with Crippen molar-refractivity contribution >= 4 is 12.4 Å². The fourth-order valence-corrected chi connectivity index (χ4v) is 2.33. The van der Waals surface area contributed by atoms with Crippen molar-refractivity contribution in [3.05, 3.63) is 29.8 Å². The van der Waals surface area contributed by atoms with Crippen LogP contribution in [0.2, 0.25) is 0 Å². The molecule has 1 aromatic carbocycles. The van der Waals surface area contributed by atoms with Crippen LogP contribution in [-0.4, -0.2) is 30.4 Å². The van der Waals surface area contributed by atoms with E-state index in [9.17, 15) is 13.2 Å². The number of ether oxygens (including phenoxy) is 1. The topological polar surface area (TPSA) is 38.5 Å². The van der Waals surface area contributed by atoms with Crippen molar-refractivity contribution in [2.75, 3.05) is 13.1 Å². The summed E-state index contributed by atoms with van der Waals surface area (Å²) in [6.45, 7) is 1.99. The molecule has 1 aliphatic rings. The van der Waals surface area contributed by atoms with Crippen LogP contribution in [0.4, 0.5) is 13.2 Å². The summed E-state index contributed by atoms with van der Waals surface area (Å²) in [5.74, 6) is -0.130. The molecule has 0 radical (unpaired) electrons. The van der Waals surface area contributed by atoms with Gasteiger partial charge in [0, 0.05) is 24.7 Å². The van der Waals surface area contributed by atoms with Crippen LogP contribution in [0.3, 0.4) is 0 Å². The lowest BCUT2D eigenvalue weighted by Crippen LogP contribution is -2.42. The van der Waals surface area contributed by atoms with Gasteiger partial charge in [-0.25, -0.2) is 0 Å². The molecule has 2 rings (SSSR count). The molecule has 1 heterocycles. The number of halogens is 4. The van der Waals surface area contributed by atoms with Gasteiger partial charge in [0.2, 0.25) is 0 Å². The Morgan fingerprint density at radius 3 is 2.65 bits per heavy atom. The van der Waals surface area contributed by atoms with Gasteiger partial charge < -0.3 is 10.5 Å². The van der Waals surface area contributed by atoms with Crippen molar-refractivity contribution in [3.8, 4) is 5.75 Å². The van der Waals surface area contributed by atoms with E-state index >= 15 is 0 Å². The summed E-state index contributed by atoms with van der Waals surface area (Å²) in [7, 11) is 0. The molecule has 2 N–H and O–H groups in total. The summed E-state index contributed by atoms with van der Waals surface area (Å²) in [6.07, 6.45) is -2.71. The molecule has 1 saturated heterocycles. The average Bonchev–Trinajstić information content (AvgIpc) is 2.30. The predicted molar refractivity (Wildman–Crippen MR) is 72.9 cm³/mol. The standard InChI is InChI=1S/C13H17F3N2O.ClH/c14-13(15,16)19-12-6-2-1-4-10(12)8-18-7-3-5-11(17)9-18;/h1-2,4,6,11H,3,5,7-9,17H2;1H. The number of para-hydroxylation sites is 1. The fraction of sp³-hybridized carbons (Fsp3) is 0.538. The van der Waals surface area contributed by atoms with Crippen LogP contribution in [0, 0.1) is 0 Å². The summed E-state index contributed by atoms with van der Waals surface area (Å²) in [4.78, 5) is 2.06. The van der Waals surface area contributed by atoms with Gasteiger partial charge in [0.05, 0.1) is 0 Å². The first-order valence-electron chi connectivity index (χ1n) is 6.25. The number of nitrogens with two attached hydrogens (primary N) is 1. The number of rotatable bonds is 3. The van der Waals surface area contributed by atoms with E-state index in [-0.39, 0.29) is 24.2 Å². The molecule has 1 fully saturated rings. The fourth-order valence-electron chi connectivity index (χ4n) is 2.33. The van der Waals surface area contributed by atoms with Crippen LogP contribution in [0.15, 0.2) is 24.3 Å². The van der Waals surface area contributed by atoms with E-state index < -0.39 is 6.36 Å². The van der Waals surface area contributed by atoms with Crippen LogP contribution in [0.25, 0.3) is 0 Å². The van der Waals surface area contributed by atoms with Crippen LogP contribution in [0.1, 0.15) is 18.4 Å². The first-order chi connectivity index (χ1) is 8.94. The minimum absolute atomic E-state index is 0. The molecule has 0 aromatic heterocycles.